The second-order valence-corrected chi connectivity index (χ2v) is 2.62. The summed E-state index contributed by atoms with van der Waals surface area (Å²) in [5.74, 6) is 0.186. The monoisotopic (exact) mass is 141 g/mol. The molecule has 0 N–H and O–H groups in total. The molecule has 0 aromatic heterocycles. The maximum atomic E-state index is 10.9. The van der Waals surface area contributed by atoms with Crippen molar-refractivity contribution >= 4 is 11.7 Å². The lowest BCUT2D eigenvalue weighted by Gasteiger charge is -2.11. The molecule has 1 aliphatic rings. The lowest BCUT2D eigenvalue weighted by Crippen LogP contribution is -2.29. The number of ketones is 1. The van der Waals surface area contributed by atoms with Gasteiger partial charge in [-0.15, -0.1) is 0 Å². The zero-order valence-corrected chi connectivity index (χ0v) is 6.09. The molecule has 0 atom stereocenters. The number of hydrogen-bond donors (Lipinski definition) is 0. The minimum Gasteiger partial charge on any atom is -0.335 e. The molecule has 10 heavy (non-hydrogen) atoms. The van der Waals surface area contributed by atoms with E-state index in [9.17, 15) is 9.59 Å². The van der Waals surface area contributed by atoms with Crippen LogP contribution in [0.3, 0.4) is 0 Å². The average Bonchev–Trinajstić information content (AvgIpc) is 2.15. The van der Waals surface area contributed by atoms with E-state index >= 15 is 0 Å². The summed E-state index contributed by atoms with van der Waals surface area (Å²) in [4.78, 5) is 23.0. The van der Waals surface area contributed by atoms with Gasteiger partial charge < -0.3 is 4.90 Å². The Kier molecular flexibility index (Phi) is 2.04. The fraction of sp³-hybridized carbons (Fsp3) is 0.714. The third-order valence-corrected chi connectivity index (χ3v) is 1.58. The predicted molar refractivity (Wildman–Crippen MR) is 36.5 cm³/mol. The first-order valence-corrected chi connectivity index (χ1v) is 3.47. The van der Waals surface area contributed by atoms with E-state index in [2.05, 4.69) is 0 Å². The summed E-state index contributed by atoms with van der Waals surface area (Å²) in [5.41, 5.74) is 0. The van der Waals surface area contributed by atoms with Gasteiger partial charge in [0.05, 0.1) is 6.54 Å². The zero-order valence-electron chi connectivity index (χ0n) is 6.09. The molecule has 3 heteroatoms. The molecule has 3 nitrogen and oxygen atoms in total. The summed E-state index contributed by atoms with van der Waals surface area (Å²) in [6, 6.07) is 0. The topological polar surface area (TPSA) is 37.4 Å². The molecule has 0 bridgehead atoms. The van der Waals surface area contributed by atoms with Crippen LogP contribution in [-0.4, -0.2) is 29.7 Å². The molecule has 0 radical (unpaired) electrons. The number of nitrogens with zero attached hydrogens (tertiary/aromatic N) is 1. The van der Waals surface area contributed by atoms with Crippen molar-refractivity contribution in [1.29, 1.82) is 0 Å². The van der Waals surface area contributed by atoms with Crippen LogP contribution >= 0.6 is 0 Å². The van der Waals surface area contributed by atoms with Gasteiger partial charge in [-0.25, -0.2) is 0 Å². The SMILES string of the molecule is CC(=O)CN1CCCC1=O. The van der Waals surface area contributed by atoms with Crippen molar-refractivity contribution in [3.8, 4) is 0 Å². The Morgan fingerprint density at radius 2 is 2.40 bits per heavy atom. The molecule has 56 valence electrons. The molecule has 0 aliphatic carbocycles. The van der Waals surface area contributed by atoms with E-state index in [-0.39, 0.29) is 11.7 Å². The lowest BCUT2D eigenvalue weighted by atomic mass is 10.4. The maximum Gasteiger partial charge on any atom is 0.223 e. The highest BCUT2D eigenvalue weighted by atomic mass is 16.2. The Hall–Kier alpha value is -0.860. The van der Waals surface area contributed by atoms with Crippen LogP contribution in [0, 0.1) is 0 Å². The Bertz CT molecular complexity index is 165. The van der Waals surface area contributed by atoms with E-state index in [4.69, 9.17) is 0 Å². The number of carbonyl (C=O) groups excluding carboxylic acids is 2. The molecule has 0 spiro atoms. The van der Waals surface area contributed by atoms with E-state index in [0.29, 0.717) is 13.0 Å². The van der Waals surface area contributed by atoms with Gasteiger partial charge >= 0.3 is 0 Å². The summed E-state index contributed by atoms with van der Waals surface area (Å²) in [5, 5.41) is 0. The molecule has 0 saturated carbocycles. The molecule has 1 saturated heterocycles. The Balaban J connectivity index is 2.40. The fourth-order valence-corrected chi connectivity index (χ4v) is 1.14. The van der Waals surface area contributed by atoms with Crippen molar-refractivity contribution in [3.63, 3.8) is 0 Å². The second-order valence-electron chi connectivity index (χ2n) is 2.62. The van der Waals surface area contributed by atoms with Crippen molar-refractivity contribution < 1.29 is 9.59 Å². The van der Waals surface area contributed by atoms with Crippen LogP contribution < -0.4 is 0 Å². The van der Waals surface area contributed by atoms with Crippen LogP contribution in [0.25, 0.3) is 0 Å². The summed E-state index contributed by atoms with van der Waals surface area (Å²) in [7, 11) is 0. The summed E-state index contributed by atoms with van der Waals surface area (Å²) >= 11 is 0. The molecule has 1 aliphatic heterocycles. The largest absolute Gasteiger partial charge is 0.335 e. The number of Topliss-reactive ketones (excluding diaryl/α,β-unsaturated/α-hetero) is 1. The van der Waals surface area contributed by atoms with Crippen molar-refractivity contribution in [1.82, 2.24) is 4.90 Å². The van der Waals surface area contributed by atoms with Gasteiger partial charge in [0.25, 0.3) is 0 Å². The van der Waals surface area contributed by atoms with Crippen LogP contribution in [0.15, 0.2) is 0 Å². The van der Waals surface area contributed by atoms with Crippen molar-refractivity contribution in [3.05, 3.63) is 0 Å². The number of carbonyl (C=O) groups is 2. The fourth-order valence-electron chi connectivity index (χ4n) is 1.14. The molecule has 1 rings (SSSR count). The van der Waals surface area contributed by atoms with E-state index < -0.39 is 0 Å². The molecule has 1 amide bonds. The van der Waals surface area contributed by atoms with Crippen LogP contribution in [0.5, 0.6) is 0 Å². The minimum absolute atomic E-state index is 0.0650. The van der Waals surface area contributed by atoms with E-state index in [0.717, 1.165) is 13.0 Å². The normalized spacial score (nSPS) is 18.1. The highest BCUT2D eigenvalue weighted by molar-refractivity contribution is 5.85. The van der Waals surface area contributed by atoms with Gasteiger partial charge in [-0.2, -0.15) is 0 Å². The zero-order chi connectivity index (χ0) is 7.56. The third-order valence-electron chi connectivity index (χ3n) is 1.58. The van der Waals surface area contributed by atoms with Crippen molar-refractivity contribution in [2.75, 3.05) is 13.1 Å². The van der Waals surface area contributed by atoms with Crippen LogP contribution in [-0.2, 0) is 9.59 Å². The first-order chi connectivity index (χ1) is 4.70. The lowest BCUT2D eigenvalue weighted by molar-refractivity contribution is -0.131. The number of rotatable bonds is 2. The Morgan fingerprint density at radius 1 is 1.70 bits per heavy atom. The minimum atomic E-state index is 0.0650. The number of amides is 1. The van der Waals surface area contributed by atoms with Crippen molar-refractivity contribution in [2.24, 2.45) is 0 Å². The van der Waals surface area contributed by atoms with Gasteiger partial charge in [0.15, 0.2) is 0 Å². The standard InChI is InChI=1S/C7H11NO2/c1-6(9)5-8-4-2-3-7(8)10/h2-5H2,1H3. The highest BCUT2D eigenvalue weighted by Gasteiger charge is 2.20. The van der Waals surface area contributed by atoms with E-state index in [1.807, 2.05) is 0 Å². The van der Waals surface area contributed by atoms with Gasteiger partial charge in [-0.1, -0.05) is 0 Å². The summed E-state index contributed by atoms with van der Waals surface area (Å²) in [6.07, 6.45) is 1.53. The predicted octanol–water partition coefficient (Wildman–Crippen LogP) is 0.198. The van der Waals surface area contributed by atoms with E-state index in [1.165, 1.54) is 6.92 Å². The van der Waals surface area contributed by atoms with Gasteiger partial charge in [0.1, 0.15) is 5.78 Å². The van der Waals surface area contributed by atoms with Crippen LogP contribution in [0.4, 0.5) is 0 Å². The Labute approximate surface area is 60.0 Å². The molecule has 1 heterocycles. The first-order valence-electron chi connectivity index (χ1n) is 3.47. The Morgan fingerprint density at radius 3 is 2.80 bits per heavy atom. The van der Waals surface area contributed by atoms with E-state index in [1.54, 1.807) is 4.90 Å². The highest BCUT2D eigenvalue weighted by Crippen LogP contribution is 2.08. The maximum absolute atomic E-state index is 10.9. The molecular formula is C7H11NO2. The van der Waals surface area contributed by atoms with Gasteiger partial charge in [0.2, 0.25) is 5.91 Å². The quantitative estimate of drug-likeness (QED) is 0.550. The summed E-state index contributed by atoms with van der Waals surface area (Å²) in [6.45, 7) is 2.57. The van der Waals surface area contributed by atoms with Gasteiger partial charge in [-0.3, -0.25) is 9.59 Å². The average molecular weight is 141 g/mol. The molecule has 0 aromatic rings. The summed E-state index contributed by atoms with van der Waals surface area (Å²) < 4.78 is 0. The second kappa shape index (κ2) is 2.82. The third kappa shape index (κ3) is 1.56. The molecule has 1 fully saturated rings. The molecule has 0 unspecified atom stereocenters. The first kappa shape index (κ1) is 7.25. The van der Waals surface area contributed by atoms with Gasteiger partial charge in [0, 0.05) is 13.0 Å². The van der Waals surface area contributed by atoms with Crippen LogP contribution in [0.1, 0.15) is 19.8 Å². The number of likely N-dealkylation sites (tertiary alicyclic amines) is 1. The molecule has 0 aromatic carbocycles. The van der Waals surface area contributed by atoms with Gasteiger partial charge in [-0.05, 0) is 13.3 Å². The van der Waals surface area contributed by atoms with Crippen molar-refractivity contribution in [2.45, 2.75) is 19.8 Å². The molecular weight excluding hydrogens is 130 g/mol. The number of hydrogen-bond acceptors (Lipinski definition) is 2. The smallest absolute Gasteiger partial charge is 0.223 e. The van der Waals surface area contributed by atoms with Crippen LogP contribution in [0.2, 0.25) is 0 Å².